The molecule has 30 heavy (non-hydrogen) atoms. The highest BCUT2D eigenvalue weighted by Gasteiger charge is 2.30. The van der Waals surface area contributed by atoms with E-state index in [0.717, 1.165) is 30.5 Å². The first kappa shape index (κ1) is 20.4. The molecular weight excluding hydrogens is 380 g/mol. The number of ether oxygens (including phenoxy) is 2. The van der Waals surface area contributed by atoms with Crippen molar-refractivity contribution in [2.45, 2.75) is 25.8 Å². The van der Waals surface area contributed by atoms with E-state index in [2.05, 4.69) is 0 Å². The average molecular weight is 408 g/mol. The summed E-state index contributed by atoms with van der Waals surface area (Å²) in [6.45, 7) is 5.66. The molecule has 0 aromatic heterocycles. The van der Waals surface area contributed by atoms with Crippen molar-refractivity contribution >= 4 is 11.8 Å². The van der Waals surface area contributed by atoms with Gasteiger partial charge < -0.3 is 19.3 Å². The topological polar surface area (TPSA) is 59.1 Å². The zero-order valence-corrected chi connectivity index (χ0v) is 17.4. The van der Waals surface area contributed by atoms with Gasteiger partial charge in [-0.05, 0) is 56.2 Å². The second-order valence-corrected chi connectivity index (χ2v) is 7.90. The Morgan fingerprint density at radius 1 is 0.933 bits per heavy atom. The molecule has 0 unspecified atom stereocenters. The Bertz CT molecular complexity index is 873. The molecule has 2 fully saturated rings. The van der Waals surface area contributed by atoms with Crippen molar-refractivity contribution in [1.29, 1.82) is 0 Å². The van der Waals surface area contributed by atoms with Crippen molar-refractivity contribution in [3.05, 3.63) is 65.2 Å². The van der Waals surface area contributed by atoms with Gasteiger partial charge in [-0.1, -0.05) is 17.7 Å². The van der Waals surface area contributed by atoms with Crippen LogP contribution in [0.4, 0.5) is 0 Å². The predicted molar refractivity (Wildman–Crippen MR) is 114 cm³/mol. The van der Waals surface area contributed by atoms with Crippen LogP contribution in [0.15, 0.2) is 48.5 Å². The summed E-state index contributed by atoms with van der Waals surface area (Å²) in [7, 11) is 0. The molecule has 2 heterocycles. The maximum Gasteiger partial charge on any atom is 0.254 e. The summed E-state index contributed by atoms with van der Waals surface area (Å²) >= 11 is 0. The lowest BCUT2D eigenvalue weighted by molar-refractivity contribution is 0.0303. The van der Waals surface area contributed by atoms with Crippen LogP contribution < -0.4 is 4.74 Å². The number of hydrogen-bond acceptors (Lipinski definition) is 4. The highest BCUT2D eigenvalue weighted by Crippen LogP contribution is 2.22. The molecule has 2 aliphatic rings. The second-order valence-electron chi connectivity index (χ2n) is 7.90. The first-order valence-corrected chi connectivity index (χ1v) is 10.6. The molecule has 0 radical (unpaired) electrons. The van der Waals surface area contributed by atoms with E-state index in [1.807, 2.05) is 53.1 Å². The SMILES string of the molecule is Cc1ccc(C(=O)N2CCC[C@@H]2COc2ccc(C(=O)N3CCOCC3)cc2)cc1. The number of carbonyl (C=O) groups excluding carboxylic acids is 2. The Balaban J connectivity index is 1.34. The van der Waals surface area contributed by atoms with Crippen LogP contribution in [0.25, 0.3) is 0 Å². The van der Waals surface area contributed by atoms with Crippen molar-refractivity contribution in [1.82, 2.24) is 9.80 Å². The van der Waals surface area contributed by atoms with E-state index in [1.54, 1.807) is 12.1 Å². The molecule has 6 heteroatoms. The molecule has 2 saturated heterocycles. The molecule has 4 rings (SSSR count). The molecule has 158 valence electrons. The summed E-state index contributed by atoms with van der Waals surface area (Å²) in [5.74, 6) is 0.797. The van der Waals surface area contributed by atoms with Gasteiger partial charge in [0.1, 0.15) is 12.4 Å². The lowest BCUT2D eigenvalue weighted by Crippen LogP contribution is -2.40. The predicted octanol–water partition coefficient (Wildman–Crippen LogP) is 3.15. The van der Waals surface area contributed by atoms with Crippen molar-refractivity contribution in [2.24, 2.45) is 0 Å². The van der Waals surface area contributed by atoms with Gasteiger partial charge in [-0.25, -0.2) is 0 Å². The zero-order chi connectivity index (χ0) is 20.9. The quantitative estimate of drug-likeness (QED) is 0.763. The number of benzene rings is 2. The van der Waals surface area contributed by atoms with Gasteiger partial charge in [0, 0.05) is 30.8 Å². The Hall–Kier alpha value is -2.86. The van der Waals surface area contributed by atoms with E-state index in [4.69, 9.17) is 9.47 Å². The number of rotatable bonds is 5. The van der Waals surface area contributed by atoms with Crippen LogP contribution in [-0.4, -0.2) is 67.1 Å². The van der Waals surface area contributed by atoms with E-state index in [0.29, 0.717) is 44.2 Å². The Labute approximate surface area is 177 Å². The fourth-order valence-electron chi connectivity index (χ4n) is 3.97. The van der Waals surface area contributed by atoms with E-state index < -0.39 is 0 Å². The van der Waals surface area contributed by atoms with Gasteiger partial charge in [0.15, 0.2) is 0 Å². The highest BCUT2D eigenvalue weighted by molar-refractivity contribution is 5.95. The Morgan fingerprint density at radius 3 is 2.27 bits per heavy atom. The normalized spacial score (nSPS) is 19.0. The Kier molecular flexibility index (Phi) is 6.33. The first-order chi connectivity index (χ1) is 14.6. The zero-order valence-electron chi connectivity index (χ0n) is 17.4. The molecule has 0 N–H and O–H groups in total. The maximum atomic E-state index is 12.9. The molecule has 2 aliphatic heterocycles. The molecule has 2 aromatic carbocycles. The molecule has 0 saturated carbocycles. The van der Waals surface area contributed by atoms with Crippen molar-refractivity contribution in [3.8, 4) is 5.75 Å². The molecular formula is C24H28N2O4. The molecule has 0 spiro atoms. The van der Waals surface area contributed by atoms with Gasteiger partial charge in [-0.15, -0.1) is 0 Å². The number of hydrogen-bond donors (Lipinski definition) is 0. The largest absolute Gasteiger partial charge is 0.491 e. The minimum Gasteiger partial charge on any atom is -0.491 e. The molecule has 1 atom stereocenters. The number of carbonyl (C=O) groups is 2. The van der Waals surface area contributed by atoms with Gasteiger partial charge in [-0.2, -0.15) is 0 Å². The maximum absolute atomic E-state index is 12.9. The van der Waals surface area contributed by atoms with Crippen LogP contribution >= 0.6 is 0 Å². The van der Waals surface area contributed by atoms with Gasteiger partial charge in [0.25, 0.3) is 11.8 Å². The van der Waals surface area contributed by atoms with Gasteiger partial charge in [-0.3, -0.25) is 9.59 Å². The second kappa shape index (κ2) is 9.30. The number of aryl methyl sites for hydroxylation is 1. The minimum atomic E-state index is 0.0236. The summed E-state index contributed by atoms with van der Waals surface area (Å²) in [6.07, 6.45) is 1.92. The summed E-state index contributed by atoms with van der Waals surface area (Å²) in [6, 6.07) is 15.0. The fourth-order valence-corrected chi connectivity index (χ4v) is 3.97. The van der Waals surface area contributed by atoms with Crippen molar-refractivity contribution in [3.63, 3.8) is 0 Å². The van der Waals surface area contributed by atoms with Crippen LogP contribution in [0.2, 0.25) is 0 Å². The lowest BCUT2D eigenvalue weighted by atomic mass is 10.1. The lowest BCUT2D eigenvalue weighted by Gasteiger charge is -2.27. The minimum absolute atomic E-state index is 0.0236. The molecule has 2 amide bonds. The third-order valence-electron chi connectivity index (χ3n) is 5.78. The van der Waals surface area contributed by atoms with Gasteiger partial charge in [0.2, 0.25) is 0 Å². The van der Waals surface area contributed by atoms with E-state index in [9.17, 15) is 9.59 Å². The van der Waals surface area contributed by atoms with Crippen molar-refractivity contribution in [2.75, 3.05) is 39.5 Å². The standard InChI is InChI=1S/C24H28N2O4/c1-18-4-6-20(7-5-18)24(28)26-12-2-3-21(26)17-30-22-10-8-19(9-11-22)23(27)25-13-15-29-16-14-25/h4-11,21H,2-3,12-17H2,1H3/t21-/m1/s1. The average Bonchev–Trinajstić information content (AvgIpc) is 3.27. The smallest absolute Gasteiger partial charge is 0.254 e. The fraction of sp³-hybridized carbons (Fsp3) is 0.417. The highest BCUT2D eigenvalue weighted by atomic mass is 16.5. The molecule has 6 nitrogen and oxygen atoms in total. The van der Waals surface area contributed by atoms with E-state index >= 15 is 0 Å². The summed E-state index contributed by atoms with van der Waals surface area (Å²) in [4.78, 5) is 29.1. The van der Waals surface area contributed by atoms with E-state index in [-0.39, 0.29) is 17.9 Å². The third-order valence-corrected chi connectivity index (χ3v) is 5.78. The van der Waals surface area contributed by atoms with Gasteiger partial charge >= 0.3 is 0 Å². The van der Waals surface area contributed by atoms with Crippen LogP contribution in [0.5, 0.6) is 5.75 Å². The number of nitrogens with zero attached hydrogens (tertiary/aromatic N) is 2. The molecule has 2 aromatic rings. The van der Waals surface area contributed by atoms with Crippen LogP contribution in [0.1, 0.15) is 39.1 Å². The van der Waals surface area contributed by atoms with Crippen LogP contribution in [0, 0.1) is 6.92 Å². The number of likely N-dealkylation sites (tertiary alicyclic amines) is 1. The summed E-state index contributed by atoms with van der Waals surface area (Å²) in [5.41, 5.74) is 2.52. The third kappa shape index (κ3) is 4.65. The molecule has 0 bridgehead atoms. The van der Waals surface area contributed by atoms with Crippen molar-refractivity contribution < 1.29 is 19.1 Å². The Morgan fingerprint density at radius 2 is 1.57 bits per heavy atom. The summed E-state index contributed by atoms with van der Waals surface area (Å²) in [5, 5.41) is 0. The first-order valence-electron chi connectivity index (χ1n) is 10.6. The van der Waals surface area contributed by atoms with E-state index in [1.165, 1.54) is 0 Å². The monoisotopic (exact) mass is 408 g/mol. The van der Waals surface area contributed by atoms with Crippen LogP contribution in [-0.2, 0) is 4.74 Å². The van der Waals surface area contributed by atoms with Crippen LogP contribution in [0.3, 0.4) is 0 Å². The summed E-state index contributed by atoms with van der Waals surface area (Å²) < 4.78 is 11.3. The molecule has 0 aliphatic carbocycles. The number of morpholine rings is 1. The number of amides is 2. The van der Waals surface area contributed by atoms with Gasteiger partial charge in [0.05, 0.1) is 19.3 Å².